The molecule has 7 aromatic rings. The molecule has 65 heavy (non-hydrogen) atoms. The lowest BCUT2D eigenvalue weighted by molar-refractivity contribution is -0.140. The molecule has 0 radical (unpaired) electrons. The van der Waals surface area contributed by atoms with Gasteiger partial charge in [0.2, 0.25) is 17.7 Å². The molecule has 0 saturated carbocycles. The predicted molar refractivity (Wildman–Crippen MR) is 246 cm³/mol. The van der Waals surface area contributed by atoms with Gasteiger partial charge in [0.05, 0.1) is 52.6 Å². The minimum Gasteiger partial charge on any atom is -0.436 e. The SMILES string of the molecule is O=C(C(c1ccccc1)N1CCC(O)CC1)N1CCC[C@H]1c1nc2ccc(-c3cnc(-c4cccc5[nH]c([C@@H]6CCCN6C(=O)C(c6ccccc6)N6CCC(O)CC6)nc45)o3)cc2[nH]1. The minimum atomic E-state index is -0.427. The molecule has 4 fully saturated rings. The van der Waals surface area contributed by atoms with Gasteiger partial charge in [-0.3, -0.25) is 19.4 Å². The number of fused-ring (bicyclic) bond motifs is 2. The zero-order valence-electron chi connectivity index (χ0n) is 36.4. The van der Waals surface area contributed by atoms with Crippen molar-refractivity contribution in [2.24, 2.45) is 0 Å². The monoisotopic (exact) mass is 873 g/mol. The van der Waals surface area contributed by atoms with Crippen LogP contribution in [0.25, 0.3) is 44.8 Å². The average molecular weight is 874 g/mol. The third-order valence-electron chi connectivity index (χ3n) is 14.2. The van der Waals surface area contributed by atoms with Crippen LogP contribution in [0, 0.1) is 0 Å². The van der Waals surface area contributed by atoms with Gasteiger partial charge in [-0.2, -0.15) is 0 Å². The van der Waals surface area contributed by atoms with Crippen LogP contribution in [-0.2, 0) is 9.59 Å². The van der Waals surface area contributed by atoms with Crippen LogP contribution in [-0.4, -0.2) is 118 Å². The van der Waals surface area contributed by atoms with Gasteiger partial charge >= 0.3 is 0 Å². The van der Waals surface area contributed by atoms with Gasteiger partial charge in [-0.25, -0.2) is 15.0 Å². The Labute approximate surface area is 377 Å². The Hall–Kier alpha value is -6.19. The van der Waals surface area contributed by atoms with E-state index in [-0.39, 0.29) is 36.1 Å². The number of aliphatic hydroxyl groups excluding tert-OH is 2. The summed E-state index contributed by atoms with van der Waals surface area (Å²) in [4.78, 5) is 59.6. The number of aromatic nitrogens is 5. The number of oxazole rings is 1. The molecule has 4 saturated heterocycles. The molecule has 2 unspecified atom stereocenters. The van der Waals surface area contributed by atoms with Crippen LogP contribution in [0.15, 0.2) is 108 Å². The molecule has 4 aromatic carbocycles. The standard InChI is InChI=1S/C51H55N9O5/c61-35-20-26-57(27-21-35)45(32-10-3-1-4-11-32)50(63)59-24-8-16-41(59)47-53-38-19-18-34(30-40(38)55-47)43-31-52-49(65-43)37-14-7-15-39-44(37)56-48(54-39)42-17-9-25-60(42)51(64)46(33-12-5-2-6-13-33)58-28-22-36(62)23-29-58/h1-7,10-15,18-19,30-31,35-36,41-42,45-46,61-62H,8-9,16-17,20-29H2,(H,53,55)(H,54,56)/t41-,42-,45?,46?/m0/s1. The smallest absolute Gasteiger partial charge is 0.245 e. The fourth-order valence-electron chi connectivity index (χ4n) is 10.8. The van der Waals surface area contributed by atoms with Crippen molar-refractivity contribution in [1.29, 1.82) is 0 Å². The molecule has 14 nitrogen and oxygen atoms in total. The van der Waals surface area contributed by atoms with Crippen LogP contribution in [0.4, 0.5) is 0 Å². The summed E-state index contributed by atoms with van der Waals surface area (Å²) in [5.41, 5.74) is 6.77. The zero-order valence-corrected chi connectivity index (χ0v) is 36.4. The van der Waals surface area contributed by atoms with Gasteiger partial charge in [-0.1, -0.05) is 66.7 Å². The van der Waals surface area contributed by atoms with Crippen LogP contribution >= 0.6 is 0 Å². The van der Waals surface area contributed by atoms with Crippen molar-refractivity contribution in [3.8, 4) is 22.8 Å². The second kappa shape index (κ2) is 17.7. The molecule has 4 aliphatic heterocycles. The Morgan fingerprint density at radius 1 is 0.615 bits per heavy atom. The minimum absolute atomic E-state index is 0.0651. The summed E-state index contributed by atoms with van der Waals surface area (Å²) >= 11 is 0. The maximum absolute atomic E-state index is 14.6. The summed E-state index contributed by atoms with van der Waals surface area (Å²) in [6.07, 6.45) is 7.09. The molecule has 3 aromatic heterocycles. The average Bonchev–Trinajstić information content (AvgIpc) is 4.20. The van der Waals surface area contributed by atoms with Crippen molar-refractivity contribution in [2.45, 2.75) is 87.7 Å². The number of hydrogen-bond acceptors (Lipinski definition) is 10. The van der Waals surface area contributed by atoms with Gasteiger partial charge in [0, 0.05) is 44.8 Å². The number of piperidine rings is 2. The largest absolute Gasteiger partial charge is 0.436 e. The number of carbonyl (C=O) groups is 2. The highest BCUT2D eigenvalue weighted by Gasteiger charge is 2.41. The number of likely N-dealkylation sites (tertiary alicyclic amines) is 4. The van der Waals surface area contributed by atoms with Crippen LogP contribution in [0.1, 0.15) is 98.3 Å². The molecule has 4 aliphatic rings. The maximum Gasteiger partial charge on any atom is 0.245 e. The van der Waals surface area contributed by atoms with E-state index in [1.54, 1.807) is 6.20 Å². The van der Waals surface area contributed by atoms with Crippen LogP contribution < -0.4 is 0 Å². The third kappa shape index (κ3) is 8.02. The number of carbonyl (C=O) groups excluding carboxylic acids is 2. The lowest BCUT2D eigenvalue weighted by Gasteiger charge is -2.38. The quantitative estimate of drug-likeness (QED) is 0.108. The molecule has 14 heteroatoms. The first-order chi connectivity index (χ1) is 31.9. The number of imidazole rings is 2. The number of H-pyrrole nitrogens is 2. The van der Waals surface area contributed by atoms with E-state index in [0.29, 0.717) is 76.6 Å². The van der Waals surface area contributed by atoms with Gasteiger partial charge < -0.3 is 34.4 Å². The van der Waals surface area contributed by atoms with E-state index in [4.69, 9.17) is 19.4 Å². The number of aliphatic hydroxyl groups is 2. The number of hydrogen-bond donors (Lipinski definition) is 4. The molecule has 334 valence electrons. The molecule has 0 bridgehead atoms. The Bertz CT molecular complexity index is 2790. The molecule has 4 atom stereocenters. The molecule has 11 rings (SSSR count). The summed E-state index contributed by atoms with van der Waals surface area (Å²) in [5, 5.41) is 20.5. The molecular formula is C51H55N9O5. The molecule has 2 amide bonds. The molecule has 0 spiro atoms. The Morgan fingerprint density at radius 3 is 1.75 bits per heavy atom. The molecule has 7 heterocycles. The van der Waals surface area contributed by atoms with E-state index >= 15 is 0 Å². The fraction of sp³-hybridized carbons (Fsp3) is 0.392. The number of rotatable bonds is 10. The number of nitrogens with one attached hydrogen (secondary N) is 2. The van der Waals surface area contributed by atoms with Gasteiger partial charge in [0.1, 0.15) is 29.2 Å². The summed E-state index contributed by atoms with van der Waals surface area (Å²) < 4.78 is 6.49. The number of amides is 2. The number of nitrogens with zero attached hydrogens (tertiary/aromatic N) is 7. The second-order valence-electron chi connectivity index (χ2n) is 18.2. The van der Waals surface area contributed by atoms with E-state index in [1.807, 2.05) is 107 Å². The van der Waals surface area contributed by atoms with E-state index < -0.39 is 12.1 Å². The molecule has 0 aliphatic carbocycles. The van der Waals surface area contributed by atoms with Crippen LogP contribution in [0.2, 0.25) is 0 Å². The van der Waals surface area contributed by atoms with Gasteiger partial charge in [-0.05, 0) is 92.8 Å². The fourth-order valence-corrected chi connectivity index (χ4v) is 10.8. The first kappa shape index (κ1) is 41.5. The lowest BCUT2D eigenvalue weighted by Crippen LogP contribution is -2.46. The van der Waals surface area contributed by atoms with E-state index in [1.165, 1.54) is 0 Å². The maximum atomic E-state index is 14.6. The van der Waals surface area contributed by atoms with E-state index in [9.17, 15) is 19.8 Å². The van der Waals surface area contributed by atoms with Crippen LogP contribution in [0.5, 0.6) is 0 Å². The van der Waals surface area contributed by atoms with Gasteiger partial charge in [0.25, 0.3) is 0 Å². The van der Waals surface area contributed by atoms with Crippen molar-refractivity contribution >= 4 is 33.9 Å². The summed E-state index contributed by atoms with van der Waals surface area (Å²) in [6.45, 7) is 3.98. The Kier molecular flexibility index (Phi) is 11.3. The van der Waals surface area contributed by atoms with E-state index in [2.05, 4.69) is 19.8 Å². The number of aromatic amines is 2. The first-order valence-electron chi connectivity index (χ1n) is 23.4. The topological polar surface area (TPSA) is 171 Å². The van der Waals surface area contributed by atoms with Crippen LogP contribution in [0.3, 0.4) is 0 Å². The van der Waals surface area contributed by atoms with E-state index in [0.717, 1.165) is 81.7 Å². The number of para-hydroxylation sites is 1. The summed E-state index contributed by atoms with van der Waals surface area (Å²) in [6, 6.07) is 30.7. The Balaban J connectivity index is 0.833. The third-order valence-corrected chi connectivity index (χ3v) is 14.2. The normalized spacial score (nSPS) is 21.4. The highest BCUT2D eigenvalue weighted by Crippen LogP contribution is 2.40. The summed E-state index contributed by atoms with van der Waals surface area (Å²) in [7, 11) is 0. The second-order valence-corrected chi connectivity index (χ2v) is 18.2. The number of benzene rings is 4. The van der Waals surface area contributed by atoms with Gasteiger partial charge in [-0.15, -0.1) is 0 Å². The van der Waals surface area contributed by atoms with Crippen molar-refractivity contribution in [1.82, 2.24) is 44.5 Å². The first-order valence-corrected chi connectivity index (χ1v) is 23.4. The molecule has 4 N–H and O–H groups in total. The van der Waals surface area contributed by atoms with Crippen molar-refractivity contribution < 1.29 is 24.2 Å². The zero-order chi connectivity index (χ0) is 44.0. The lowest BCUT2D eigenvalue weighted by atomic mass is 9.99. The van der Waals surface area contributed by atoms with Crippen molar-refractivity contribution in [3.63, 3.8) is 0 Å². The highest BCUT2D eigenvalue weighted by molar-refractivity contribution is 5.91. The van der Waals surface area contributed by atoms with Crippen molar-refractivity contribution in [2.75, 3.05) is 39.3 Å². The summed E-state index contributed by atoms with van der Waals surface area (Å²) in [5.74, 6) is 2.70. The highest BCUT2D eigenvalue weighted by atomic mass is 16.4. The Morgan fingerprint density at radius 2 is 1.17 bits per heavy atom. The van der Waals surface area contributed by atoms with Gasteiger partial charge in [0.15, 0.2) is 5.76 Å². The molecular weight excluding hydrogens is 819 g/mol. The predicted octanol–water partition coefficient (Wildman–Crippen LogP) is 7.48. The van der Waals surface area contributed by atoms with Crippen molar-refractivity contribution in [3.05, 3.63) is 126 Å².